The average molecular weight is 321 g/mol. The van der Waals surface area contributed by atoms with Gasteiger partial charge in [0.2, 0.25) is 0 Å². The molecule has 2 heteroatoms. The summed E-state index contributed by atoms with van der Waals surface area (Å²) in [6, 6.07) is 0. The highest BCUT2D eigenvalue weighted by Gasteiger charge is 2.30. The van der Waals surface area contributed by atoms with E-state index in [1.165, 1.54) is 51.4 Å². The van der Waals surface area contributed by atoms with Crippen LogP contribution in [0.1, 0.15) is 90.9 Å². The second-order valence-electron chi connectivity index (χ2n) is 7.70. The van der Waals surface area contributed by atoms with Crippen molar-refractivity contribution in [2.45, 2.75) is 97.0 Å². The molecule has 0 amide bonds. The summed E-state index contributed by atoms with van der Waals surface area (Å²) in [5.41, 5.74) is 0. The van der Waals surface area contributed by atoms with Gasteiger partial charge in [-0.25, -0.2) is 0 Å². The molecule has 0 atom stereocenters. The zero-order chi connectivity index (χ0) is 16.5. The monoisotopic (exact) mass is 320 g/mol. The number of ether oxygens (including phenoxy) is 1. The van der Waals surface area contributed by atoms with E-state index < -0.39 is 0 Å². The predicted octanol–water partition coefficient (Wildman–Crippen LogP) is 6.05. The summed E-state index contributed by atoms with van der Waals surface area (Å²) in [5.74, 6) is 1.85. The lowest BCUT2D eigenvalue weighted by Gasteiger charge is -2.31. The van der Waals surface area contributed by atoms with Crippen molar-refractivity contribution >= 4 is 5.97 Å². The van der Waals surface area contributed by atoms with E-state index in [-0.39, 0.29) is 18.0 Å². The van der Waals surface area contributed by atoms with Gasteiger partial charge in [0.15, 0.2) is 0 Å². The van der Waals surface area contributed by atoms with Crippen LogP contribution >= 0.6 is 0 Å². The standard InChI is InChI=1S/C21H36O2/c1-3-5-6-8-18-11-15-20(16-12-18)23-21(22)19-13-9-17(7-4-2)10-14-19/h6,8,17-20H,3-5,7,9-16H2,1-2H3/b8-6+. The normalized spacial score (nSPS) is 32.1. The summed E-state index contributed by atoms with van der Waals surface area (Å²) in [6.45, 7) is 4.48. The van der Waals surface area contributed by atoms with Gasteiger partial charge in [-0.05, 0) is 69.6 Å². The maximum atomic E-state index is 12.4. The second kappa shape index (κ2) is 10.2. The molecule has 2 aliphatic carbocycles. The van der Waals surface area contributed by atoms with Crippen LogP contribution < -0.4 is 0 Å². The fourth-order valence-electron chi connectivity index (χ4n) is 4.21. The summed E-state index contributed by atoms with van der Waals surface area (Å²) in [7, 11) is 0. The number of carbonyl (C=O) groups is 1. The zero-order valence-corrected chi connectivity index (χ0v) is 15.3. The number of esters is 1. The third-order valence-corrected chi connectivity index (χ3v) is 5.74. The van der Waals surface area contributed by atoms with Gasteiger partial charge < -0.3 is 4.74 Å². The predicted molar refractivity (Wildman–Crippen MR) is 96.2 cm³/mol. The Morgan fingerprint density at radius 1 is 0.957 bits per heavy atom. The number of hydrogen-bond donors (Lipinski definition) is 0. The van der Waals surface area contributed by atoms with Gasteiger partial charge in [0.05, 0.1) is 5.92 Å². The smallest absolute Gasteiger partial charge is 0.309 e. The third-order valence-electron chi connectivity index (χ3n) is 5.74. The highest BCUT2D eigenvalue weighted by atomic mass is 16.5. The molecule has 132 valence electrons. The molecule has 2 rings (SSSR count). The van der Waals surface area contributed by atoms with Crippen molar-refractivity contribution in [2.75, 3.05) is 0 Å². The Hall–Kier alpha value is -0.790. The van der Waals surface area contributed by atoms with Crippen LogP contribution in [0.3, 0.4) is 0 Å². The molecule has 0 aliphatic heterocycles. The lowest BCUT2D eigenvalue weighted by Crippen LogP contribution is -2.29. The first kappa shape index (κ1) is 18.5. The maximum absolute atomic E-state index is 12.4. The van der Waals surface area contributed by atoms with Crippen LogP contribution in [0.2, 0.25) is 0 Å². The van der Waals surface area contributed by atoms with E-state index in [1.54, 1.807) is 0 Å². The first-order chi connectivity index (χ1) is 11.2. The van der Waals surface area contributed by atoms with Gasteiger partial charge in [0.1, 0.15) is 6.10 Å². The number of rotatable bonds is 7. The Morgan fingerprint density at radius 2 is 1.65 bits per heavy atom. The van der Waals surface area contributed by atoms with Gasteiger partial charge >= 0.3 is 5.97 Å². The molecule has 2 fully saturated rings. The lowest BCUT2D eigenvalue weighted by molar-refractivity contribution is -0.157. The van der Waals surface area contributed by atoms with E-state index in [1.807, 2.05) is 0 Å². The topological polar surface area (TPSA) is 26.3 Å². The fourth-order valence-corrected chi connectivity index (χ4v) is 4.21. The molecule has 2 aliphatic rings. The highest BCUT2D eigenvalue weighted by molar-refractivity contribution is 5.72. The van der Waals surface area contributed by atoms with Gasteiger partial charge in [-0.1, -0.05) is 45.3 Å². The fraction of sp³-hybridized carbons (Fsp3) is 0.857. The zero-order valence-electron chi connectivity index (χ0n) is 15.3. The average Bonchev–Trinajstić information content (AvgIpc) is 2.57. The van der Waals surface area contributed by atoms with Crippen LogP contribution in [0.5, 0.6) is 0 Å². The molecule has 0 heterocycles. The molecule has 2 nitrogen and oxygen atoms in total. The van der Waals surface area contributed by atoms with Crippen molar-refractivity contribution < 1.29 is 9.53 Å². The summed E-state index contributed by atoms with van der Waals surface area (Å²) in [6.07, 6.45) is 18.9. The molecule has 0 aromatic rings. The minimum absolute atomic E-state index is 0.102. The molecular weight excluding hydrogens is 284 g/mol. The molecule has 0 saturated heterocycles. The van der Waals surface area contributed by atoms with Crippen LogP contribution in [-0.4, -0.2) is 12.1 Å². The number of hydrogen-bond acceptors (Lipinski definition) is 2. The number of carbonyl (C=O) groups excluding carboxylic acids is 1. The Morgan fingerprint density at radius 3 is 2.26 bits per heavy atom. The third kappa shape index (κ3) is 6.31. The molecule has 0 aromatic heterocycles. The maximum Gasteiger partial charge on any atom is 0.309 e. The first-order valence-electron chi connectivity index (χ1n) is 10.1. The van der Waals surface area contributed by atoms with Crippen LogP contribution in [0, 0.1) is 17.8 Å². The Balaban J connectivity index is 1.65. The Kier molecular flexibility index (Phi) is 8.19. The van der Waals surface area contributed by atoms with E-state index in [0.717, 1.165) is 31.6 Å². The van der Waals surface area contributed by atoms with Gasteiger partial charge in [-0.15, -0.1) is 0 Å². The Labute approximate surface area is 143 Å². The van der Waals surface area contributed by atoms with Gasteiger partial charge in [0, 0.05) is 0 Å². The molecule has 2 saturated carbocycles. The molecule has 0 bridgehead atoms. The molecule has 0 aromatic carbocycles. The van der Waals surface area contributed by atoms with E-state index in [2.05, 4.69) is 26.0 Å². The van der Waals surface area contributed by atoms with E-state index in [9.17, 15) is 4.79 Å². The van der Waals surface area contributed by atoms with E-state index in [0.29, 0.717) is 5.92 Å². The largest absolute Gasteiger partial charge is 0.462 e. The van der Waals surface area contributed by atoms with E-state index >= 15 is 0 Å². The molecule has 0 spiro atoms. The summed E-state index contributed by atoms with van der Waals surface area (Å²) in [4.78, 5) is 12.4. The van der Waals surface area contributed by atoms with Crippen LogP contribution in [0.4, 0.5) is 0 Å². The van der Waals surface area contributed by atoms with Crippen molar-refractivity contribution in [3.8, 4) is 0 Å². The van der Waals surface area contributed by atoms with Crippen LogP contribution in [0.25, 0.3) is 0 Å². The summed E-state index contributed by atoms with van der Waals surface area (Å²) >= 11 is 0. The second-order valence-corrected chi connectivity index (χ2v) is 7.70. The quantitative estimate of drug-likeness (QED) is 0.421. The van der Waals surface area contributed by atoms with Gasteiger partial charge in [-0.3, -0.25) is 4.79 Å². The molecule has 23 heavy (non-hydrogen) atoms. The minimum atomic E-state index is 0.102. The van der Waals surface area contributed by atoms with Crippen molar-refractivity contribution in [1.29, 1.82) is 0 Å². The summed E-state index contributed by atoms with van der Waals surface area (Å²) in [5, 5.41) is 0. The number of unbranched alkanes of at least 4 members (excludes halogenated alkanes) is 1. The van der Waals surface area contributed by atoms with Gasteiger partial charge in [0.25, 0.3) is 0 Å². The van der Waals surface area contributed by atoms with E-state index in [4.69, 9.17) is 4.74 Å². The van der Waals surface area contributed by atoms with Crippen molar-refractivity contribution in [3.05, 3.63) is 12.2 Å². The SMILES string of the molecule is CCC/C=C/C1CCC(OC(=O)C2CCC(CCC)CC2)CC1. The molecular formula is C21H36O2. The molecule has 0 unspecified atom stereocenters. The lowest BCUT2D eigenvalue weighted by atomic mass is 9.80. The van der Waals surface area contributed by atoms with Crippen LogP contribution in [-0.2, 0) is 9.53 Å². The van der Waals surface area contributed by atoms with Crippen molar-refractivity contribution in [3.63, 3.8) is 0 Å². The minimum Gasteiger partial charge on any atom is -0.462 e. The van der Waals surface area contributed by atoms with Crippen molar-refractivity contribution in [1.82, 2.24) is 0 Å². The van der Waals surface area contributed by atoms with Crippen LogP contribution in [0.15, 0.2) is 12.2 Å². The highest BCUT2D eigenvalue weighted by Crippen LogP contribution is 2.34. The Bertz CT molecular complexity index is 358. The summed E-state index contributed by atoms with van der Waals surface area (Å²) < 4.78 is 5.84. The number of allylic oxidation sites excluding steroid dienone is 2. The molecule has 0 radical (unpaired) electrons. The van der Waals surface area contributed by atoms with Crippen molar-refractivity contribution in [2.24, 2.45) is 17.8 Å². The van der Waals surface area contributed by atoms with Gasteiger partial charge in [-0.2, -0.15) is 0 Å². The first-order valence-corrected chi connectivity index (χ1v) is 10.1. The molecule has 0 N–H and O–H groups in total.